The van der Waals surface area contributed by atoms with Crippen LogP contribution in [0.3, 0.4) is 0 Å². The normalized spacial score (nSPS) is 9.55. The van der Waals surface area contributed by atoms with Gasteiger partial charge in [-0.05, 0) is 0 Å². The molecule has 0 aliphatic carbocycles. The third-order valence-electron chi connectivity index (χ3n) is 1.05. The predicted octanol–water partition coefficient (Wildman–Crippen LogP) is 0.839. The number of aromatic nitrogens is 1. The molecule has 5 heteroatoms. The highest BCUT2D eigenvalue weighted by molar-refractivity contribution is 14.1. The molecule has 0 saturated carbocycles. The van der Waals surface area contributed by atoms with Gasteiger partial charge in [0, 0.05) is 17.0 Å². The Morgan fingerprint density at radius 3 is 3.18 bits per heavy atom. The van der Waals surface area contributed by atoms with Crippen LogP contribution in [0, 0.1) is 0 Å². The van der Waals surface area contributed by atoms with Crippen LogP contribution < -0.4 is 5.32 Å². The summed E-state index contributed by atoms with van der Waals surface area (Å²) in [6, 6.07) is 1.53. The zero-order chi connectivity index (χ0) is 8.10. The molecule has 0 fully saturated rings. The predicted molar refractivity (Wildman–Crippen MR) is 47.7 cm³/mol. The van der Waals surface area contributed by atoms with E-state index in [4.69, 9.17) is 0 Å². The molecule has 0 aliphatic rings. The van der Waals surface area contributed by atoms with Gasteiger partial charge in [-0.1, -0.05) is 27.7 Å². The maximum Gasteiger partial charge on any atom is 0.273 e. The van der Waals surface area contributed by atoms with Gasteiger partial charge in [-0.3, -0.25) is 4.79 Å². The first-order valence-electron chi connectivity index (χ1n) is 3.09. The topological polar surface area (TPSA) is 55.1 Å². The van der Waals surface area contributed by atoms with Crippen LogP contribution in [0.15, 0.2) is 16.9 Å². The molecule has 0 radical (unpaired) electrons. The van der Waals surface area contributed by atoms with Crippen LogP contribution >= 0.6 is 22.6 Å². The zero-order valence-electron chi connectivity index (χ0n) is 5.71. The number of amides is 1. The lowest BCUT2D eigenvalue weighted by atomic mass is 10.4. The molecule has 0 aliphatic heterocycles. The Hall–Kier alpha value is -0.590. The number of nitrogens with one attached hydrogen (secondary N) is 1. The molecule has 1 N–H and O–H groups in total. The molecule has 0 unspecified atom stereocenters. The summed E-state index contributed by atoms with van der Waals surface area (Å²) in [6.07, 6.45) is 1.37. The van der Waals surface area contributed by atoms with E-state index in [1.165, 1.54) is 12.3 Å². The SMILES string of the molecule is O=C(NCCI)c1ccon1. The van der Waals surface area contributed by atoms with E-state index in [0.717, 1.165) is 4.43 Å². The van der Waals surface area contributed by atoms with Gasteiger partial charge in [0.25, 0.3) is 5.91 Å². The fraction of sp³-hybridized carbons (Fsp3) is 0.333. The summed E-state index contributed by atoms with van der Waals surface area (Å²) in [5, 5.41) is 6.15. The molecule has 1 heterocycles. The summed E-state index contributed by atoms with van der Waals surface area (Å²) < 4.78 is 5.39. The number of rotatable bonds is 3. The highest BCUT2D eigenvalue weighted by atomic mass is 127. The summed E-state index contributed by atoms with van der Waals surface area (Å²) in [7, 11) is 0. The molecule has 1 aromatic heterocycles. The highest BCUT2D eigenvalue weighted by Crippen LogP contribution is 1.92. The first-order valence-corrected chi connectivity index (χ1v) is 4.61. The third-order valence-corrected chi connectivity index (χ3v) is 1.59. The fourth-order valence-electron chi connectivity index (χ4n) is 0.581. The number of hydrogen-bond acceptors (Lipinski definition) is 3. The van der Waals surface area contributed by atoms with Crippen molar-refractivity contribution in [1.29, 1.82) is 0 Å². The minimum absolute atomic E-state index is 0.185. The van der Waals surface area contributed by atoms with Crippen molar-refractivity contribution in [2.45, 2.75) is 0 Å². The van der Waals surface area contributed by atoms with Crippen LogP contribution in [0.2, 0.25) is 0 Å². The fourth-order valence-corrected chi connectivity index (χ4v) is 0.851. The molecular formula is C6H7IN2O2. The first kappa shape index (κ1) is 8.51. The molecule has 4 nitrogen and oxygen atoms in total. The van der Waals surface area contributed by atoms with Crippen LogP contribution in [-0.4, -0.2) is 22.0 Å². The Bertz CT molecular complexity index is 222. The Morgan fingerprint density at radius 2 is 2.64 bits per heavy atom. The summed E-state index contributed by atoms with van der Waals surface area (Å²) >= 11 is 2.18. The van der Waals surface area contributed by atoms with Gasteiger partial charge in [0.05, 0.1) is 0 Å². The molecule has 0 aromatic carbocycles. The van der Waals surface area contributed by atoms with Gasteiger partial charge in [0.1, 0.15) is 6.26 Å². The van der Waals surface area contributed by atoms with Gasteiger partial charge in [-0.25, -0.2) is 0 Å². The van der Waals surface area contributed by atoms with Crippen molar-refractivity contribution in [3.05, 3.63) is 18.0 Å². The average molecular weight is 266 g/mol. The van der Waals surface area contributed by atoms with E-state index in [0.29, 0.717) is 12.2 Å². The zero-order valence-corrected chi connectivity index (χ0v) is 7.87. The van der Waals surface area contributed by atoms with Crippen LogP contribution in [0.1, 0.15) is 10.5 Å². The third kappa shape index (κ3) is 2.49. The molecule has 1 aromatic rings. The van der Waals surface area contributed by atoms with E-state index < -0.39 is 0 Å². The van der Waals surface area contributed by atoms with Crippen molar-refractivity contribution < 1.29 is 9.32 Å². The van der Waals surface area contributed by atoms with Crippen molar-refractivity contribution in [3.8, 4) is 0 Å². The first-order chi connectivity index (χ1) is 5.34. The largest absolute Gasteiger partial charge is 0.364 e. The van der Waals surface area contributed by atoms with Crippen molar-refractivity contribution in [2.75, 3.05) is 11.0 Å². The van der Waals surface area contributed by atoms with Gasteiger partial charge < -0.3 is 9.84 Å². The number of alkyl halides is 1. The maximum atomic E-state index is 11.0. The molecule has 0 bridgehead atoms. The second-order valence-corrected chi connectivity index (χ2v) is 2.91. The summed E-state index contributed by atoms with van der Waals surface area (Å²) in [6.45, 7) is 0.659. The Balaban J connectivity index is 2.43. The van der Waals surface area contributed by atoms with Gasteiger partial charge in [-0.2, -0.15) is 0 Å². The van der Waals surface area contributed by atoms with E-state index in [2.05, 4.69) is 37.6 Å². The monoisotopic (exact) mass is 266 g/mol. The molecule has 1 amide bonds. The van der Waals surface area contributed by atoms with Crippen LogP contribution in [0.25, 0.3) is 0 Å². The van der Waals surface area contributed by atoms with Gasteiger partial charge in [-0.15, -0.1) is 0 Å². The molecule has 60 valence electrons. The molecular weight excluding hydrogens is 259 g/mol. The van der Waals surface area contributed by atoms with Gasteiger partial charge >= 0.3 is 0 Å². The Kier molecular flexibility index (Phi) is 3.34. The quantitative estimate of drug-likeness (QED) is 0.651. The number of hydrogen-bond donors (Lipinski definition) is 1. The molecule has 0 saturated heterocycles. The number of carbonyl (C=O) groups is 1. The summed E-state index contributed by atoms with van der Waals surface area (Å²) in [4.78, 5) is 11.0. The number of halogens is 1. The van der Waals surface area contributed by atoms with Crippen molar-refractivity contribution >= 4 is 28.5 Å². The minimum Gasteiger partial charge on any atom is -0.364 e. The minimum atomic E-state index is -0.185. The highest BCUT2D eigenvalue weighted by Gasteiger charge is 2.06. The average Bonchev–Trinajstić information content (AvgIpc) is 2.52. The summed E-state index contributed by atoms with van der Waals surface area (Å²) in [5.74, 6) is -0.185. The van der Waals surface area contributed by atoms with Crippen LogP contribution in [0.5, 0.6) is 0 Å². The Morgan fingerprint density at radius 1 is 1.82 bits per heavy atom. The molecule has 0 spiro atoms. The van der Waals surface area contributed by atoms with E-state index in [1.54, 1.807) is 0 Å². The number of nitrogens with zero attached hydrogens (tertiary/aromatic N) is 1. The number of carbonyl (C=O) groups excluding carboxylic acids is 1. The lowest BCUT2D eigenvalue weighted by molar-refractivity contribution is 0.0947. The van der Waals surface area contributed by atoms with E-state index in [9.17, 15) is 4.79 Å². The lowest BCUT2D eigenvalue weighted by Gasteiger charge is -1.96. The van der Waals surface area contributed by atoms with Crippen LogP contribution in [0.4, 0.5) is 0 Å². The summed E-state index contributed by atoms with van der Waals surface area (Å²) in [5.41, 5.74) is 0.329. The van der Waals surface area contributed by atoms with E-state index in [1.807, 2.05) is 0 Å². The second-order valence-electron chi connectivity index (χ2n) is 1.83. The van der Waals surface area contributed by atoms with Gasteiger partial charge in [0.2, 0.25) is 0 Å². The Labute approximate surface area is 77.5 Å². The van der Waals surface area contributed by atoms with Crippen LogP contribution in [-0.2, 0) is 0 Å². The molecule has 0 atom stereocenters. The lowest BCUT2D eigenvalue weighted by Crippen LogP contribution is -2.25. The van der Waals surface area contributed by atoms with Gasteiger partial charge in [0.15, 0.2) is 5.69 Å². The second kappa shape index (κ2) is 4.32. The van der Waals surface area contributed by atoms with Crippen molar-refractivity contribution in [2.24, 2.45) is 0 Å². The van der Waals surface area contributed by atoms with Crippen molar-refractivity contribution in [1.82, 2.24) is 10.5 Å². The smallest absolute Gasteiger partial charge is 0.273 e. The molecule has 11 heavy (non-hydrogen) atoms. The van der Waals surface area contributed by atoms with E-state index >= 15 is 0 Å². The van der Waals surface area contributed by atoms with Crippen molar-refractivity contribution in [3.63, 3.8) is 0 Å². The molecule has 1 rings (SSSR count). The standard InChI is InChI=1S/C6H7IN2O2/c7-2-3-8-6(10)5-1-4-11-9-5/h1,4H,2-3H2,(H,8,10). The van der Waals surface area contributed by atoms with E-state index in [-0.39, 0.29) is 5.91 Å². The maximum absolute atomic E-state index is 11.0.